The van der Waals surface area contributed by atoms with Crippen molar-refractivity contribution in [3.05, 3.63) is 11.6 Å². The number of rotatable bonds is 2. The van der Waals surface area contributed by atoms with Crippen molar-refractivity contribution in [2.45, 2.75) is 0 Å². The summed E-state index contributed by atoms with van der Waals surface area (Å²) in [5.74, 6) is -0.797. The lowest BCUT2D eigenvalue weighted by Gasteiger charge is -1.94. The van der Waals surface area contributed by atoms with Crippen molar-refractivity contribution in [1.29, 1.82) is 0 Å². The van der Waals surface area contributed by atoms with E-state index in [-0.39, 0.29) is 5.03 Å². The summed E-state index contributed by atoms with van der Waals surface area (Å²) in [7, 11) is 0. The summed E-state index contributed by atoms with van der Waals surface area (Å²) in [6, 6.07) is 0. The molecule has 0 heterocycles. The Hall–Kier alpha value is -0.540. The molecule has 0 aliphatic heterocycles. The molecule has 0 aromatic heterocycles. The first-order valence-electron chi connectivity index (χ1n) is 1.81. The molecule has 0 spiro atoms. The summed E-state index contributed by atoms with van der Waals surface area (Å²) in [5, 5.41) is 7.71. The monoisotopic (exact) mass is 136 g/mol. The van der Waals surface area contributed by atoms with Crippen LogP contribution in [0.4, 0.5) is 0 Å². The Kier molecular flexibility index (Phi) is 3.23. The molecule has 0 unspecified atom stereocenters. The summed E-state index contributed by atoms with van der Waals surface area (Å²) in [5.41, 5.74) is 0. The Morgan fingerprint density at radius 2 is 2.38 bits per heavy atom. The Balaban J connectivity index is 3.49. The van der Waals surface area contributed by atoms with Crippen molar-refractivity contribution in [1.82, 2.24) is 0 Å². The lowest BCUT2D eigenvalue weighted by molar-refractivity contribution is -0.146. The summed E-state index contributed by atoms with van der Waals surface area (Å²) < 4.78 is 3.99. The summed E-state index contributed by atoms with van der Waals surface area (Å²) >= 11 is 5.03. The third kappa shape index (κ3) is 2.60. The molecule has 0 saturated carbocycles. The standard InChI is InChI=1S/C4H5ClO3/c1-3(5)4(7)8-2-6/h6H,1-2H2. The Bertz CT molecular complexity index is 110. The maximum Gasteiger partial charge on any atom is 0.351 e. The molecule has 3 nitrogen and oxygen atoms in total. The molecule has 0 saturated heterocycles. The average Bonchev–Trinajstić information content (AvgIpc) is 1.67. The van der Waals surface area contributed by atoms with Crippen molar-refractivity contribution in [3.8, 4) is 0 Å². The second kappa shape index (κ2) is 3.46. The third-order valence-corrected chi connectivity index (χ3v) is 0.571. The van der Waals surface area contributed by atoms with Crippen LogP contribution in [0.2, 0.25) is 0 Å². The second-order valence-corrected chi connectivity index (χ2v) is 1.42. The zero-order valence-corrected chi connectivity index (χ0v) is 4.81. The normalized spacial score (nSPS) is 8.25. The lowest BCUT2D eigenvalue weighted by Crippen LogP contribution is -2.03. The molecule has 46 valence electrons. The highest BCUT2D eigenvalue weighted by molar-refractivity contribution is 6.40. The lowest BCUT2D eigenvalue weighted by atomic mass is 10.6. The molecule has 0 aromatic rings. The number of carbonyl (C=O) groups excluding carboxylic acids is 1. The molecule has 8 heavy (non-hydrogen) atoms. The van der Waals surface area contributed by atoms with E-state index in [1.165, 1.54) is 0 Å². The van der Waals surface area contributed by atoms with E-state index < -0.39 is 12.8 Å². The fourth-order valence-electron chi connectivity index (χ4n) is 0.137. The van der Waals surface area contributed by atoms with Gasteiger partial charge in [0.05, 0.1) is 0 Å². The van der Waals surface area contributed by atoms with Crippen molar-refractivity contribution in [2.75, 3.05) is 6.79 Å². The quantitative estimate of drug-likeness (QED) is 0.336. The summed E-state index contributed by atoms with van der Waals surface area (Å²) in [6.07, 6.45) is 0. The van der Waals surface area contributed by atoms with Gasteiger partial charge in [-0.2, -0.15) is 0 Å². The zero-order chi connectivity index (χ0) is 6.57. The van der Waals surface area contributed by atoms with E-state index in [0.29, 0.717) is 0 Å². The number of hydrogen-bond acceptors (Lipinski definition) is 3. The molecule has 0 atom stereocenters. The van der Waals surface area contributed by atoms with E-state index >= 15 is 0 Å². The van der Waals surface area contributed by atoms with Crippen LogP contribution in [0, 0.1) is 0 Å². The third-order valence-electron chi connectivity index (χ3n) is 0.417. The minimum Gasteiger partial charge on any atom is -0.434 e. The minimum atomic E-state index is -0.797. The Labute approximate surface area is 51.5 Å². The largest absolute Gasteiger partial charge is 0.434 e. The minimum absolute atomic E-state index is 0.237. The van der Waals surface area contributed by atoms with Gasteiger partial charge in [-0.05, 0) is 0 Å². The number of aliphatic hydroxyl groups is 1. The number of esters is 1. The molecule has 4 heteroatoms. The molecule has 0 bridgehead atoms. The van der Waals surface area contributed by atoms with Crippen LogP contribution >= 0.6 is 11.6 Å². The smallest absolute Gasteiger partial charge is 0.351 e. The van der Waals surface area contributed by atoms with Crippen LogP contribution in [0.25, 0.3) is 0 Å². The van der Waals surface area contributed by atoms with Crippen molar-refractivity contribution >= 4 is 17.6 Å². The molecule has 0 rings (SSSR count). The topological polar surface area (TPSA) is 46.5 Å². The fraction of sp³-hybridized carbons (Fsp3) is 0.250. The van der Waals surface area contributed by atoms with Gasteiger partial charge in [0, 0.05) is 0 Å². The van der Waals surface area contributed by atoms with Crippen LogP contribution in [0.15, 0.2) is 11.6 Å². The van der Waals surface area contributed by atoms with E-state index in [1.807, 2.05) is 0 Å². The molecule has 0 aliphatic carbocycles. The maximum atomic E-state index is 10.1. The molecule has 0 radical (unpaired) electrons. The zero-order valence-electron chi connectivity index (χ0n) is 4.06. The van der Waals surface area contributed by atoms with Gasteiger partial charge in [0.2, 0.25) is 0 Å². The van der Waals surface area contributed by atoms with Crippen LogP contribution in [-0.2, 0) is 9.53 Å². The maximum absolute atomic E-state index is 10.1. The summed E-state index contributed by atoms with van der Waals surface area (Å²) in [4.78, 5) is 10.1. The van der Waals surface area contributed by atoms with Gasteiger partial charge in [0.25, 0.3) is 0 Å². The van der Waals surface area contributed by atoms with E-state index in [9.17, 15) is 4.79 Å². The molecular formula is C4H5ClO3. The van der Waals surface area contributed by atoms with Gasteiger partial charge in [-0.3, -0.25) is 0 Å². The first-order valence-corrected chi connectivity index (χ1v) is 2.18. The molecule has 0 aliphatic rings. The predicted molar refractivity (Wildman–Crippen MR) is 28.2 cm³/mol. The van der Waals surface area contributed by atoms with E-state index in [0.717, 1.165) is 0 Å². The highest BCUT2D eigenvalue weighted by atomic mass is 35.5. The number of halogens is 1. The van der Waals surface area contributed by atoms with Crippen molar-refractivity contribution in [2.24, 2.45) is 0 Å². The SMILES string of the molecule is C=C(Cl)C(=O)OCO. The molecule has 1 N–H and O–H groups in total. The number of carbonyl (C=O) groups is 1. The first kappa shape index (κ1) is 7.46. The number of hydrogen-bond donors (Lipinski definition) is 1. The number of aliphatic hydroxyl groups excluding tert-OH is 1. The second-order valence-electron chi connectivity index (χ2n) is 0.966. The Morgan fingerprint density at radius 1 is 1.88 bits per heavy atom. The number of ether oxygens (including phenoxy) is 1. The highest BCUT2D eigenvalue weighted by Crippen LogP contribution is 1.97. The fourth-order valence-corrected chi connectivity index (χ4v) is 0.191. The predicted octanol–water partition coefficient (Wildman–Crippen LogP) is 0.232. The highest BCUT2D eigenvalue weighted by Gasteiger charge is 2.01. The van der Waals surface area contributed by atoms with Gasteiger partial charge in [-0.1, -0.05) is 18.2 Å². The van der Waals surface area contributed by atoms with Crippen LogP contribution < -0.4 is 0 Å². The van der Waals surface area contributed by atoms with Crippen LogP contribution in [0.5, 0.6) is 0 Å². The van der Waals surface area contributed by atoms with Gasteiger partial charge >= 0.3 is 5.97 Å². The van der Waals surface area contributed by atoms with E-state index in [4.69, 9.17) is 16.7 Å². The average molecular weight is 137 g/mol. The van der Waals surface area contributed by atoms with Crippen LogP contribution in [-0.4, -0.2) is 17.9 Å². The molecule has 0 amide bonds. The van der Waals surface area contributed by atoms with E-state index in [1.54, 1.807) is 0 Å². The van der Waals surface area contributed by atoms with Gasteiger partial charge in [-0.25, -0.2) is 4.79 Å². The van der Waals surface area contributed by atoms with Gasteiger partial charge in [0.15, 0.2) is 6.79 Å². The van der Waals surface area contributed by atoms with Crippen molar-refractivity contribution in [3.63, 3.8) is 0 Å². The van der Waals surface area contributed by atoms with Gasteiger partial charge in [-0.15, -0.1) is 0 Å². The van der Waals surface area contributed by atoms with Crippen molar-refractivity contribution < 1.29 is 14.6 Å². The summed E-state index contributed by atoms with van der Waals surface area (Å²) in [6.45, 7) is 2.39. The van der Waals surface area contributed by atoms with Crippen LogP contribution in [0.1, 0.15) is 0 Å². The molecule has 0 aromatic carbocycles. The Morgan fingerprint density at radius 3 is 2.50 bits per heavy atom. The van der Waals surface area contributed by atoms with E-state index in [2.05, 4.69) is 11.3 Å². The first-order chi connectivity index (χ1) is 3.68. The van der Waals surface area contributed by atoms with Gasteiger partial charge in [0.1, 0.15) is 5.03 Å². The molecule has 0 fully saturated rings. The van der Waals surface area contributed by atoms with Gasteiger partial charge < -0.3 is 9.84 Å². The molecular weight excluding hydrogens is 131 g/mol. The van der Waals surface area contributed by atoms with Crippen LogP contribution in [0.3, 0.4) is 0 Å².